The number of anilines is 2. The zero-order valence-corrected chi connectivity index (χ0v) is 22.3. The second kappa shape index (κ2) is 12.2. The maximum Gasteiger partial charge on any atom is 0.416 e. The highest BCUT2D eigenvalue weighted by atomic mass is 19.4. The highest BCUT2D eigenvalue weighted by Gasteiger charge is 2.30. The van der Waals surface area contributed by atoms with Gasteiger partial charge in [-0.1, -0.05) is 12.1 Å². The van der Waals surface area contributed by atoms with Crippen LogP contribution in [0.3, 0.4) is 0 Å². The lowest BCUT2D eigenvalue weighted by molar-refractivity contribution is -0.137. The molecule has 1 aromatic heterocycles. The lowest BCUT2D eigenvalue weighted by Gasteiger charge is -2.38. The lowest BCUT2D eigenvalue weighted by atomic mass is 10.1. The van der Waals surface area contributed by atoms with E-state index < -0.39 is 11.7 Å². The number of H-pyrrole nitrogens is 1. The van der Waals surface area contributed by atoms with Crippen LogP contribution in [0.2, 0.25) is 0 Å². The summed E-state index contributed by atoms with van der Waals surface area (Å²) in [5, 5.41) is 21.7. The third-order valence-electron chi connectivity index (χ3n) is 6.88. The molecule has 1 aliphatic heterocycles. The molecule has 5 rings (SSSR count). The number of nitrogens with one attached hydrogen (secondary N) is 2. The van der Waals surface area contributed by atoms with Crippen molar-refractivity contribution in [1.82, 2.24) is 15.3 Å². The van der Waals surface area contributed by atoms with E-state index in [2.05, 4.69) is 20.4 Å². The van der Waals surface area contributed by atoms with Crippen LogP contribution in [0.15, 0.2) is 66.7 Å². The number of aromatic amines is 1. The van der Waals surface area contributed by atoms with Gasteiger partial charge in [-0.3, -0.25) is 9.89 Å². The molecule has 9 nitrogen and oxygen atoms in total. The molecular formula is C29H30F3N5O4. The number of hydrogen-bond donors (Lipinski definition) is 3. The van der Waals surface area contributed by atoms with E-state index in [4.69, 9.17) is 9.47 Å². The summed E-state index contributed by atoms with van der Waals surface area (Å²) in [6.07, 6.45) is -4.36. The van der Waals surface area contributed by atoms with Crippen LogP contribution >= 0.6 is 0 Å². The van der Waals surface area contributed by atoms with Gasteiger partial charge in [0.1, 0.15) is 12.4 Å². The summed E-state index contributed by atoms with van der Waals surface area (Å²) in [5.41, 5.74) is 2.10. The number of alkyl halides is 3. The minimum Gasteiger partial charge on any atom is -0.491 e. The number of hydroxylamine groups is 2. The third kappa shape index (κ3) is 6.96. The predicted octanol–water partition coefficient (Wildman–Crippen LogP) is 5.33. The van der Waals surface area contributed by atoms with Crippen LogP contribution in [-0.4, -0.2) is 65.3 Å². The van der Waals surface area contributed by atoms with E-state index in [1.807, 2.05) is 19.1 Å². The highest BCUT2D eigenvalue weighted by molar-refractivity contribution is 6.08. The normalized spacial score (nSPS) is 16.2. The van der Waals surface area contributed by atoms with Gasteiger partial charge in [0, 0.05) is 48.4 Å². The van der Waals surface area contributed by atoms with Gasteiger partial charge in [-0.15, -0.1) is 0 Å². The smallest absolute Gasteiger partial charge is 0.416 e. The Morgan fingerprint density at radius 1 is 1.07 bits per heavy atom. The number of ether oxygens (including phenoxy) is 2. The minimum absolute atomic E-state index is 0.151. The van der Waals surface area contributed by atoms with E-state index >= 15 is 0 Å². The molecule has 2 heterocycles. The summed E-state index contributed by atoms with van der Waals surface area (Å²) >= 11 is 0. The average molecular weight is 570 g/mol. The second-order valence-electron chi connectivity index (χ2n) is 9.83. The number of hydrogen-bond acceptors (Lipinski definition) is 7. The van der Waals surface area contributed by atoms with Crippen molar-refractivity contribution in [3.8, 4) is 5.75 Å². The molecule has 0 radical (unpaired) electrons. The number of carbonyl (C=O) groups is 1. The number of benzene rings is 3. The molecule has 1 unspecified atom stereocenters. The molecule has 41 heavy (non-hydrogen) atoms. The molecule has 3 N–H and O–H groups in total. The number of carbonyl (C=O) groups excluding carboxylic acids is 1. The standard InChI is InChI=1S/C29H30F3N5O4/c1-19-17-36(39)12-13-37(19)23-8-4-21(5-9-23)28(38)33-27-25-11-10-24(16-26(25)34-35-27)41-15-14-40-18-20-2-6-22(7-3-20)29(30,31)32/h2-11,16,19,39H,12-15,17-18H2,1H3,(H2,33,34,35,38). The van der Waals surface area contributed by atoms with Crippen molar-refractivity contribution in [1.29, 1.82) is 0 Å². The maximum absolute atomic E-state index is 12.9. The first-order chi connectivity index (χ1) is 19.7. The lowest BCUT2D eigenvalue weighted by Crippen LogP contribution is -2.50. The van der Waals surface area contributed by atoms with E-state index in [0.717, 1.165) is 23.2 Å². The summed E-state index contributed by atoms with van der Waals surface area (Å²) in [4.78, 5) is 15.1. The number of aromatic nitrogens is 2. The van der Waals surface area contributed by atoms with Crippen molar-refractivity contribution in [2.24, 2.45) is 0 Å². The molecule has 216 valence electrons. The molecular weight excluding hydrogens is 539 g/mol. The van der Waals surface area contributed by atoms with Crippen LogP contribution in [0.1, 0.15) is 28.4 Å². The Hall–Kier alpha value is -4.13. The van der Waals surface area contributed by atoms with Crippen molar-refractivity contribution in [3.05, 3.63) is 83.4 Å². The fourth-order valence-electron chi connectivity index (χ4n) is 4.69. The van der Waals surface area contributed by atoms with Crippen molar-refractivity contribution in [2.75, 3.05) is 43.1 Å². The Morgan fingerprint density at radius 3 is 2.54 bits per heavy atom. The monoisotopic (exact) mass is 569 g/mol. The molecule has 12 heteroatoms. The first kappa shape index (κ1) is 28.4. The Balaban J connectivity index is 1.11. The van der Waals surface area contributed by atoms with Gasteiger partial charge in [0.15, 0.2) is 5.82 Å². The Morgan fingerprint density at radius 2 is 1.83 bits per heavy atom. The minimum atomic E-state index is -4.36. The van der Waals surface area contributed by atoms with Gasteiger partial charge in [-0.2, -0.15) is 23.3 Å². The summed E-state index contributed by atoms with van der Waals surface area (Å²) in [5.74, 6) is 0.681. The Bertz CT molecular complexity index is 1470. The van der Waals surface area contributed by atoms with Crippen LogP contribution in [0, 0.1) is 0 Å². The number of amides is 1. The van der Waals surface area contributed by atoms with Gasteiger partial charge in [0.25, 0.3) is 5.91 Å². The van der Waals surface area contributed by atoms with Gasteiger partial charge in [-0.05, 0) is 61.0 Å². The topological polar surface area (TPSA) is 103 Å². The number of rotatable bonds is 9. The third-order valence-corrected chi connectivity index (χ3v) is 6.88. The van der Waals surface area contributed by atoms with Gasteiger partial charge in [0.2, 0.25) is 0 Å². The van der Waals surface area contributed by atoms with Crippen LogP contribution in [-0.2, 0) is 17.5 Å². The number of piperazine rings is 1. The molecule has 1 atom stereocenters. The maximum atomic E-state index is 12.9. The van der Waals surface area contributed by atoms with Crippen LogP contribution in [0.4, 0.5) is 24.7 Å². The molecule has 4 aromatic rings. The van der Waals surface area contributed by atoms with Gasteiger partial charge < -0.3 is 24.9 Å². The fraction of sp³-hybridized carbons (Fsp3) is 0.310. The van der Waals surface area contributed by atoms with E-state index in [1.165, 1.54) is 17.2 Å². The molecule has 0 saturated carbocycles. The van der Waals surface area contributed by atoms with E-state index in [9.17, 15) is 23.2 Å². The summed E-state index contributed by atoms with van der Waals surface area (Å²) in [7, 11) is 0. The van der Waals surface area contributed by atoms with E-state index in [-0.39, 0.29) is 31.8 Å². The van der Waals surface area contributed by atoms with Crippen molar-refractivity contribution >= 4 is 28.3 Å². The van der Waals surface area contributed by atoms with Crippen molar-refractivity contribution < 1.29 is 32.6 Å². The number of nitrogens with zero attached hydrogens (tertiary/aromatic N) is 3. The summed E-state index contributed by atoms with van der Waals surface area (Å²) in [6.45, 7) is 4.53. The number of halogens is 3. The van der Waals surface area contributed by atoms with Crippen molar-refractivity contribution in [3.63, 3.8) is 0 Å². The van der Waals surface area contributed by atoms with Gasteiger partial charge in [0.05, 0.1) is 24.3 Å². The molecule has 0 aliphatic carbocycles. The Kier molecular flexibility index (Phi) is 8.43. The quantitative estimate of drug-likeness (QED) is 0.234. The average Bonchev–Trinajstić information content (AvgIpc) is 3.34. The Labute approximate surface area is 234 Å². The summed E-state index contributed by atoms with van der Waals surface area (Å²) in [6, 6.07) is 17.6. The largest absolute Gasteiger partial charge is 0.491 e. The molecule has 1 aliphatic rings. The second-order valence-corrected chi connectivity index (χ2v) is 9.83. The van der Waals surface area contributed by atoms with E-state index in [0.29, 0.717) is 47.8 Å². The highest BCUT2D eigenvalue weighted by Crippen LogP contribution is 2.29. The fourth-order valence-corrected chi connectivity index (χ4v) is 4.69. The molecule has 1 fully saturated rings. The van der Waals surface area contributed by atoms with Crippen LogP contribution < -0.4 is 15.0 Å². The van der Waals surface area contributed by atoms with Crippen LogP contribution in [0.25, 0.3) is 10.9 Å². The molecule has 0 spiro atoms. The molecule has 3 aromatic carbocycles. The SMILES string of the molecule is CC1CN(O)CCN1c1ccc(C(=O)Nc2n[nH]c3cc(OCCOCc4ccc(C(F)(F)F)cc4)ccc23)cc1. The molecule has 0 bridgehead atoms. The predicted molar refractivity (Wildman–Crippen MR) is 147 cm³/mol. The van der Waals surface area contributed by atoms with Crippen molar-refractivity contribution in [2.45, 2.75) is 25.7 Å². The van der Waals surface area contributed by atoms with Gasteiger partial charge in [-0.25, -0.2) is 0 Å². The molecule has 1 amide bonds. The van der Waals surface area contributed by atoms with Crippen LogP contribution in [0.5, 0.6) is 5.75 Å². The van der Waals surface area contributed by atoms with E-state index in [1.54, 1.807) is 30.3 Å². The van der Waals surface area contributed by atoms with Gasteiger partial charge >= 0.3 is 6.18 Å². The first-order valence-corrected chi connectivity index (χ1v) is 13.1. The molecule has 1 saturated heterocycles. The summed E-state index contributed by atoms with van der Waals surface area (Å²) < 4.78 is 49.2. The zero-order valence-electron chi connectivity index (χ0n) is 22.3. The first-order valence-electron chi connectivity index (χ1n) is 13.1. The number of fused-ring (bicyclic) bond motifs is 1. The zero-order chi connectivity index (χ0) is 29.0.